The van der Waals surface area contributed by atoms with Gasteiger partial charge in [-0.15, -0.1) is 0 Å². The molecule has 1 aliphatic rings. The highest BCUT2D eigenvalue weighted by molar-refractivity contribution is 5.54. The molecule has 4 heteroatoms. The van der Waals surface area contributed by atoms with Crippen LogP contribution in [0.2, 0.25) is 0 Å². The molecule has 1 heterocycles. The summed E-state index contributed by atoms with van der Waals surface area (Å²) in [6, 6.07) is 12.7. The van der Waals surface area contributed by atoms with Gasteiger partial charge in [-0.1, -0.05) is 43.7 Å². The first kappa shape index (κ1) is 21.4. The van der Waals surface area contributed by atoms with Crippen LogP contribution in [0.1, 0.15) is 48.9 Å². The van der Waals surface area contributed by atoms with Crippen molar-refractivity contribution in [1.29, 1.82) is 0 Å². The van der Waals surface area contributed by atoms with E-state index in [4.69, 9.17) is 4.74 Å². The van der Waals surface area contributed by atoms with E-state index in [1.165, 1.54) is 16.8 Å². The summed E-state index contributed by atoms with van der Waals surface area (Å²) in [5.74, 6) is 0.834. The van der Waals surface area contributed by atoms with Crippen LogP contribution in [-0.4, -0.2) is 37.7 Å². The van der Waals surface area contributed by atoms with Crippen molar-refractivity contribution >= 4 is 5.69 Å². The van der Waals surface area contributed by atoms with Crippen molar-refractivity contribution in [3.8, 4) is 5.75 Å². The van der Waals surface area contributed by atoms with E-state index in [1.54, 1.807) is 0 Å². The van der Waals surface area contributed by atoms with Crippen LogP contribution in [0.5, 0.6) is 5.75 Å². The highest BCUT2D eigenvalue weighted by Crippen LogP contribution is 2.23. The highest BCUT2D eigenvalue weighted by atomic mass is 16.5. The molecule has 0 saturated carbocycles. The summed E-state index contributed by atoms with van der Waals surface area (Å²) in [6.07, 6.45) is 0. The Morgan fingerprint density at radius 3 is 2.34 bits per heavy atom. The minimum atomic E-state index is 0.0237. The van der Waals surface area contributed by atoms with Crippen molar-refractivity contribution in [1.82, 2.24) is 4.90 Å². The van der Waals surface area contributed by atoms with E-state index in [9.17, 15) is 4.79 Å². The van der Waals surface area contributed by atoms with Crippen LogP contribution >= 0.6 is 0 Å². The Labute approximate surface area is 175 Å². The molecule has 0 aliphatic carbocycles. The predicted octanol–water partition coefficient (Wildman–Crippen LogP) is 4.51. The molecular formula is C25H34N2O2. The third-order valence-corrected chi connectivity index (χ3v) is 5.72. The number of nitrogens with zero attached hydrogens (tertiary/aromatic N) is 2. The summed E-state index contributed by atoms with van der Waals surface area (Å²) in [4.78, 5) is 17.8. The van der Waals surface area contributed by atoms with Gasteiger partial charge in [0.1, 0.15) is 0 Å². The average molecular weight is 395 g/mol. The smallest absolute Gasteiger partial charge is 0.224 e. The van der Waals surface area contributed by atoms with Crippen LogP contribution in [0.3, 0.4) is 0 Å². The standard InChI is InChI=1S/C25H34N2O2/c1-6-29-24-16-21(18(2)3)8-9-22(25(24)28)17-26-11-13-27(14-12-26)23-10-7-19(4)15-20(23)5/h7-10,15-16,18H,6,11-14,17H2,1-5H3. The Kier molecular flexibility index (Phi) is 6.96. The fraction of sp³-hybridized carbons (Fsp3) is 0.480. The molecular weight excluding hydrogens is 360 g/mol. The van der Waals surface area contributed by atoms with Crippen molar-refractivity contribution in [3.05, 3.63) is 68.9 Å². The average Bonchev–Trinajstić information content (AvgIpc) is 2.83. The normalized spacial score (nSPS) is 15.0. The highest BCUT2D eigenvalue weighted by Gasteiger charge is 2.20. The monoisotopic (exact) mass is 394 g/mol. The molecule has 3 rings (SSSR count). The molecule has 29 heavy (non-hydrogen) atoms. The molecule has 4 nitrogen and oxygen atoms in total. The largest absolute Gasteiger partial charge is 0.490 e. The van der Waals surface area contributed by atoms with Crippen molar-refractivity contribution in [2.24, 2.45) is 0 Å². The number of anilines is 1. The Bertz CT molecular complexity index is 900. The molecule has 0 bridgehead atoms. The van der Waals surface area contributed by atoms with Crippen LogP contribution < -0.4 is 15.1 Å². The Morgan fingerprint density at radius 2 is 1.72 bits per heavy atom. The van der Waals surface area contributed by atoms with Gasteiger partial charge in [0, 0.05) is 44.0 Å². The van der Waals surface area contributed by atoms with E-state index >= 15 is 0 Å². The minimum Gasteiger partial charge on any atom is -0.490 e. The SMILES string of the molecule is CCOc1cc(C(C)C)ccc(CN2CCN(c3ccc(C)cc3C)CC2)c1=O. The second kappa shape index (κ2) is 9.45. The maximum Gasteiger partial charge on any atom is 0.224 e. The van der Waals surface area contributed by atoms with E-state index in [0.717, 1.165) is 37.3 Å². The molecule has 0 unspecified atom stereocenters. The van der Waals surface area contributed by atoms with Crippen molar-refractivity contribution in [2.75, 3.05) is 37.7 Å². The fourth-order valence-corrected chi connectivity index (χ4v) is 3.99. The topological polar surface area (TPSA) is 32.8 Å². The number of piperazine rings is 1. The lowest BCUT2D eigenvalue weighted by Gasteiger charge is -2.36. The Hall–Kier alpha value is -2.33. The van der Waals surface area contributed by atoms with Gasteiger partial charge in [-0.3, -0.25) is 9.69 Å². The fourth-order valence-electron chi connectivity index (χ4n) is 3.99. The molecule has 1 aliphatic heterocycles. The first-order valence-electron chi connectivity index (χ1n) is 10.7. The van der Waals surface area contributed by atoms with Gasteiger partial charge < -0.3 is 9.64 Å². The lowest BCUT2D eigenvalue weighted by atomic mass is 10.1. The van der Waals surface area contributed by atoms with Gasteiger partial charge in [-0.05, 0) is 49.9 Å². The summed E-state index contributed by atoms with van der Waals surface area (Å²) in [7, 11) is 0. The number of hydrogen-bond acceptors (Lipinski definition) is 4. The molecule has 1 fully saturated rings. The van der Waals surface area contributed by atoms with E-state index < -0.39 is 0 Å². The van der Waals surface area contributed by atoms with Gasteiger partial charge in [0.2, 0.25) is 5.43 Å². The first-order chi connectivity index (χ1) is 13.9. The van der Waals surface area contributed by atoms with Gasteiger partial charge in [0.15, 0.2) is 5.75 Å². The zero-order valence-electron chi connectivity index (χ0n) is 18.5. The lowest BCUT2D eigenvalue weighted by molar-refractivity contribution is 0.248. The third-order valence-electron chi connectivity index (χ3n) is 5.72. The van der Waals surface area contributed by atoms with E-state index in [-0.39, 0.29) is 5.43 Å². The molecule has 2 aromatic carbocycles. The zero-order chi connectivity index (χ0) is 21.0. The summed E-state index contributed by atoms with van der Waals surface area (Å²) in [5, 5.41) is 0. The number of aryl methyl sites for hydroxylation is 2. The Balaban J connectivity index is 1.74. The zero-order valence-corrected chi connectivity index (χ0v) is 18.5. The van der Waals surface area contributed by atoms with Crippen molar-refractivity contribution in [3.63, 3.8) is 0 Å². The van der Waals surface area contributed by atoms with Gasteiger partial charge in [0.05, 0.1) is 6.61 Å². The molecule has 0 spiro atoms. The number of rotatable bonds is 6. The second-order valence-electron chi connectivity index (χ2n) is 8.34. The van der Waals surface area contributed by atoms with E-state index in [2.05, 4.69) is 61.8 Å². The second-order valence-corrected chi connectivity index (χ2v) is 8.34. The molecule has 0 N–H and O–H groups in total. The maximum atomic E-state index is 13.0. The van der Waals surface area contributed by atoms with Crippen molar-refractivity contribution < 1.29 is 4.74 Å². The molecule has 2 aromatic rings. The molecule has 0 atom stereocenters. The Morgan fingerprint density at radius 1 is 1.00 bits per heavy atom. The molecule has 1 saturated heterocycles. The van der Waals surface area contributed by atoms with Crippen LogP contribution in [0.25, 0.3) is 0 Å². The quantitative estimate of drug-likeness (QED) is 0.722. The van der Waals surface area contributed by atoms with Gasteiger partial charge in [-0.25, -0.2) is 0 Å². The molecule has 0 amide bonds. The van der Waals surface area contributed by atoms with Gasteiger partial charge in [0.25, 0.3) is 0 Å². The molecule has 0 radical (unpaired) electrons. The van der Waals surface area contributed by atoms with E-state index in [0.29, 0.717) is 24.8 Å². The van der Waals surface area contributed by atoms with Crippen LogP contribution in [0, 0.1) is 13.8 Å². The first-order valence-corrected chi connectivity index (χ1v) is 10.7. The molecule has 0 aromatic heterocycles. The lowest BCUT2D eigenvalue weighted by Crippen LogP contribution is -2.46. The summed E-state index contributed by atoms with van der Waals surface area (Å²) in [5.41, 5.74) is 5.94. The van der Waals surface area contributed by atoms with Crippen molar-refractivity contribution in [2.45, 2.75) is 47.1 Å². The maximum absolute atomic E-state index is 13.0. The number of ether oxygens (including phenoxy) is 1. The molecule has 156 valence electrons. The van der Waals surface area contributed by atoms with Gasteiger partial charge in [-0.2, -0.15) is 0 Å². The van der Waals surface area contributed by atoms with E-state index in [1.807, 2.05) is 19.1 Å². The van der Waals surface area contributed by atoms with Crippen LogP contribution in [-0.2, 0) is 6.54 Å². The van der Waals surface area contributed by atoms with Gasteiger partial charge >= 0.3 is 0 Å². The summed E-state index contributed by atoms with van der Waals surface area (Å²) < 4.78 is 5.68. The van der Waals surface area contributed by atoms with Crippen LogP contribution in [0.4, 0.5) is 5.69 Å². The third kappa shape index (κ3) is 5.18. The minimum absolute atomic E-state index is 0.0237. The van der Waals surface area contributed by atoms with Crippen LogP contribution in [0.15, 0.2) is 41.2 Å². The predicted molar refractivity (Wildman–Crippen MR) is 121 cm³/mol. The number of benzene rings is 1. The summed E-state index contributed by atoms with van der Waals surface area (Å²) in [6.45, 7) is 15.6. The number of hydrogen-bond donors (Lipinski definition) is 0. The summed E-state index contributed by atoms with van der Waals surface area (Å²) >= 11 is 0.